The largest absolute Gasteiger partial charge is 0.392 e. The zero-order chi connectivity index (χ0) is 41.5. The van der Waals surface area contributed by atoms with E-state index < -0.39 is 54.9 Å². The van der Waals surface area contributed by atoms with Crippen molar-refractivity contribution in [3.63, 3.8) is 0 Å². The molecule has 2 fully saturated rings. The summed E-state index contributed by atoms with van der Waals surface area (Å²) in [5.41, 5.74) is 0. The summed E-state index contributed by atoms with van der Waals surface area (Å²) < 4.78 is 11.5. The first kappa shape index (κ1) is 48.1. The van der Waals surface area contributed by atoms with Crippen LogP contribution in [0.15, 0.2) is 122 Å². The Morgan fingerprint density at radius 3 is 1.88 bits per heavy atom. The van der Waals surface area contributed by atoms with Crippen LogP contribution in [0.2, 0.25) is 0 Å². The van der Waals surface area contributed by atoms with Crippen molar-refractivity contribution in [1.82, 2.24) is 5.32 Å². The molecule has 0 aromatic carbocycles. The van der Waals surface area contributed by atoms with E-state index in [0.29, 0.717) is 6.42 Å². The summed E-state index contributed by atoms with van der Waals surface area (Å²) in [6, 6.07) is -1.01. The van der Waals surface area contributed by atoms with Crippen LogP contribution in [0.25, 0.3) is 0 Å². The van der Waals surface area contributed by atoms with Gasteiger partial charge in [0.05, 0.1) is 24.4 Å². The zero-order valence-electron chi connectivity index (χ0n) is 33.3. The second-order valence-electron chi connectivity index (χ2n) is 14.4. The van der Waals surface area contributed by atoms with Crippen LogP contribution in [-0.2, 0) is 23.9 Å². The van der Waals surface area contributed by atoms with Gasteiger partial charge in [0.15, 0.2) is 17.9 Å². The van der Waals surface area contributed by atoms with E-state index in [4.69, 9.17) is 9.47 Å². The van der Waals surface area contributed by atoms with Gasteiger partial charge in [-0.15, -0.1) is 0 Å². The average molecular weight is 778 g/mol. The fourth-order valence-corrected chi connectivity index (χ4v) is 5.75. The van der Waals surface area contributed by atoms with Crippen LogP contribution in [0, 0.1) is 17.8 Å². The van der Waals surface area contributed by atoms with E-state index in [1.54, 1.807) is 37.3 Å². The predicted octanol–water partition coefficient (Wildman–Crippen LogP) is 5.00. The van der Waals surface area contributed by atoms with E-state index in [2.05, 4.69) is 5.32 Å². The van der Waals surface area contributed by atoms with Gasteiger partial charge in [0.2, 0.25) is 5.91 Å². The van der Waals surface area contributed by atoms with Crippen LogP contribution in [0.1, 0.15) is 66.7 Å². The normalized spacial score (nSPS) is 26.2. The molecule has 1 aliphatic heterocycles. The van der Waals surface area contributed by atoms with Gasteiger partial charge in [0, 0.05) is 30.8 Å². The molecule has 11 heteroatoms. The van der Waals surface area contributed by atoms with Crippen molar-refractivity contribution in [2.75, 3.05) is 0 Å². The number of unbranched alkanes of at least 4 members (excludes halogenated alkanes) is 1. The van der Waals surface area contributed by atoms with Crippen LogP contribution < -0.4 is 5.32 Å². The van der Waals surface area contributed by atoms with Crippen molar-refractivity contribution >= 4 is 17.5 Å². The fraction of sp³-hybridized carbons (Fsp3) is 0.489. The van der Waals surface area contributed by atoms with Gasteiger partial charge in [0.25, 0.3) is 0 Å². The number of rotatable bonds is 22. The summed E-state index contributed by atoms with van der Waals surface area (Å²) >= 11 is 0. The second kappa shape index (κ2) is 26.7. The van der Waals surface area contributed by atoms with Crippen molar-refractivity contribution in [3.8, 4) is 0 Å². The number of hydrogen-bond donors (Lipinski definition) is 6. The number of nitrogens with one attached hydrogen (secondary N) is 1. The van der Waals surface area contributed by atoms with E-state index >= 15 is 0 Å². The second-order valence-corrected chi connectivity index (χ2v) is 14.4. The highest BCUT2D eigenvalue weighted by molar-refractivity contribution is 6.14. The molecule has 0 aromatic rings. The van der Waals surface area contributed by atoms with Crippen molar-refractivity contribution in [2.45, 2.75) is 122 Å². The number of Topliss-reactive ketones (excluding diaryl/α,β-unsaturated/α-hetero) is 2. The summed E-state index contributed by atoms with van der Waals surface area (Å²) in [6.45, 7) is 9.36. The lowest BCUT2D eigenvalue weighted by atomic mass is 9.88. The van der Waals surface area contributed by atoms with Crippen LogP contribution in [0.4, 0.5) is 0 Å². The molecule has 6 N–H and O–H groups in total. The summed E-state index contributed by atoms with van der Waals surface area (Å²) in [6.07, 6.45) is 31.5. The van der Waals surface area contributed by atoms with Crippen molar-refractivity contribution < 1.29 is 49.4 Å². The lowest BCUT2D eigenvalue weighted by molar-refractivity contribution is -0.306. The molecule has 10 atom stereocenters. The minimum Gasteiger partial charge on any atom is -0.392 e. The number of hydrogen-bond acceptors (Lipinski definition) is 10. The molecule has 11 nitrogen and oxygen atoms in total. The molecular formula is C45H63NO10. The van der Waals surface area contributed by atoms with Crippen molar-refractivity contribution in [1.29, 1.82) is 0 Å². The SMILES string of the molecule is CC(C)C(CC=CC=CC=CC=CC=CC(O)C(C)C(O)C(C)C=CCC/C=C/C=C/C=CC=CC(=O)NC1C(=O)CCC1=O)OC1OC(C)C(O)C(O)C1O. The molecule has 1 amide bonds. The first-order chi connectivity index (χ1) is 26.7. The molecule has 2 rings (SSSR count). The van der Waals surface area contributed by atoms with Crippen molar-refractivity contribution in [3.05, 3.63) is 122 Å². The number of carbonyl (C=O) groups excluding carboxylic acids is 3. The third-order valence-corrected chi connectivity index (χ3v) is 9.49. The molecule has 2 aliphatic rings. The number of aliphatic hydroxyl groups excluding tert-OH is 5. The van der Waals surface area contributed by atoms with Crippen LogP contribution in [0.5, 0.6) is 0 Å². The molecule has 1 saturated carbocycles. The highest BCUT2D eigenvalue weighted by Gasteiger charge is 2.43. The molecule has 0 radical (unpaired) electrons. The highest BCUT2D eigenvalue weighted by Crippen LogP contribution is 2.25. The summed E-state index contributed by atoms with van der Waals surface area (Å²) in [4.78, 5) is 35.0. The van der Waals surface area contributed by atoms with E-state index in [-0.39, 0.29) is 48.3 Å². The number of carbonyl (C=O) groups is 3. The molecule has 0 spiro atoms. The Kier molecular flexibility index (Phi) is 22.9. The summed E-state index contributed by atoms with van der Waals surface area (Å²) in [7, 11) is 0. The summed E-state index contributed by atoms with van der Waals surface area (Å²) in [5, 5.41) is 53.9. The van der Waals surface area contributed by atoms with Gasteiger partial charge in [-0.2, -0.15) is 0 Å². The number of aliphatic hydroxyl groups is 5. The maximum absolute atomic E-state index is 11.8. The Morgan fingerprint density at radius 2 is 1.27 bits per heavy atom. The van der Waals surface area contributed by atoms with Gasteiger partial charge in [-0.3, -0.25) is 14.4 Å². The number of allylic oxidation sites excluding steroid dienone is 16. The van der Waals surface area contributed by atoms with Gasteiger partial charge >= 0.3 is 0 Å². The van der Waals surface area contributed by atoms with Crippen LogP contribution >= 0.6 is 0 Å². The highest BCUT2D eigenvalue weighted by atomic mass is 16.7. The van der Waals surface area contributed by atoms with Gasteiger partial charge in [0.1, 0.15) is 24.4 Å². The maximum atomic E-state index is 11.8. The Labute approximate surface area is 332 Å². The van der Waals surface area contributed by atoms with Crippen LogP contribution in [-0.4, -0.2) is 98.1 Å². The molecule has 1 aliphatic carbocycles. The lowest BCUT2D eigenvalue weighted by Crippen LogP contribution is -2.58. The number of ether oxygens (including phenoxy) is 2. The molecular weight excluding hydrogens is 714 g/mol. The lowest BCUT2D eigenvalue weighted by Gasteiger charge is -2.40. The van der Waals surface area contributed by atoms with E-state index in [1.807, 2.05) is 107 Å². The number of ketones is 2. The minimum absolute atomic E-state index is 0.130. The maximum Gasteiger partial charge on any atom is 0.244 e. The van der Waals surface area contributed by atoms with E-state index in [9.17, 15) is 39.9 Å². The van der Waals surface area contributed by atoms with E-state index in [0.717, 1.165) is 12.8 Å². The first-order valence-electron chi connectivity index (χ1n) is 19.5. The Hall–Kier alpha value is -4.07. The van der Waals surface area contributed by atoms with Gasteiger partial charge < -0.3 is 40.3 Å². The monoisotopic (exact) mass is 777 g/mol. The van der Waals surface area contributed by atoms with Gasteiger partial charge in [-0.05, 0) is 32.1 Å². The Balaban J connectivity index is 1.63. The van der Waals surface area contributed by atoms with Gasteiger partial charge in [-0.25, -0.2) is 0 Å². The number of amides is 1. The first-order valence-corrected chi connectivity index (χ1v) is 19.5. The van der Waals surface area contributed by atoms with Crippen LogP contribution in [0.3, 0.4) is 0 Å². The summed E-state index contributed by atoms with van der Waals surface area (Å²) in [5.74, 6) is -1.34. The predicted molar refractivity (Wildman–Crippen MR) is 219 cm³/mol. The third-order valence-electron chi connectivity index (χ3n) is 9.49. The molecule has 10 unspecified atom stereocenters. The molecule has 1 heterocycles. The standard InChI is InChI=1S/C45H63NO10/c1-31(2)38(56-45-44(54)43(53)42(52)34(5)55-45)27-23-19-15-11-8-10-14-18-22-26-35(47)33(4)41(51)32(3)25-21-17-13-9-6-7-12-16-20-24-28-39(50)46-40-36(48)29-30-37(40)49/h6-12,14-16,18-26,28,31-35,38,40-45,47,51-54H,13,17,27,29-30H2,1-5H3,(H,46,50)/b9-6+,10-8?,12-7+,15-11?,18-14?,20-16?,23-19?,25-21?,26-22?,28-24?. The Bertz CT molecular complexity index is 1500. The molecule has 308 valence electrons. The van der Waals surface area contributed by atoms with E-state index in [1.165, 1.54) is 12.2 Å². The molecule has 0 aromatic heterocycles. The fourth-order valence-electron chi connectivity index (χ4n) is 5.75. The topological polar surface area (TPSA) is 183 Å². The third kappa shape index (κ3) is 17.8. The molecule has 0 bridgehead atoms. The molecule has 56 heavy (non-hydrogen) atoms. The molecule has 1 saturated heterocycles. The Morgan fingerprint density at radius 1 is 0.732 bits per heavy atom. The average Bonchev–Trinajstić information content (AvgIpc) is 3.48. The smallest absolute Gasteiger partial charge is 0.244 e. The van der Waals surface area contributed by atoms with Crippen molar-refractivity contribution in [2.24, 2.45) is 17.8 Å². The van der Waals surface area contributed by atoms with Gasteiger partial charge in [-0.1, -0.05) is 143 Å². The minimum atomic E-state index is -1.33. The zero-order valence-corrected chi connectivity index (χ0v) is 33.3. The quantitative estimate of drug-likeness (QED) is 0.0288.